The molecule has 1 amide bonds. The van der Waals surface area contributed by atoms with Gasteiger partial charge in [-0.05, 0) is 41.0 Å². The Kier molecular flexibility index (Phi) is 67.9. The average Bonchev–Trinajstić information content (AvgIpc) is 0.805. The van der Waals surface area contributed by atoms with E-state index in [0.717, 1.165) is 22.3 Å². The first-order valence-corrected chi connectivity index (χ1v) is 38.5. The van der Waals surface area contributed by atoms with E-state index in [1.165, 1.54) is 7.11 Å². The standard InChI is InChI=1S/C75H122BrCl2NO30/c1-82-9-10-86-11-12-87-13-14-88-15-16-89-17-18-90-19-20-91-21-22-92-23-24-93-25-26-94-27-28-95-29-30-96-31-32-97-33-34-98-35-36-99-37-38-100-39-40-101-41-42-102-43-44-103-45-46-104-47-48-105-49-50-106-51-52-107-53-54-108-55-56-109-62-64-58-70(83-2)72(71(59-64)84-3)65-7-5-63(6-8-65)57-69(75(81)85-4)79-74(80)73-67(77)60-66(76)61-68(73)78/h5-8,58-61,69H,9-57,62H2,1-4H3,(H,79,80)/t69-/m0/s1. The van der Waals surface area contributed by atoms with Crippen LogP contribution in [-0.2, 0) is 141 Å². The Morgan fingerprint density at radius 2 is 0.550 bits per heavy atom. The van der Waals surface area contributed by atoms with Crippen LogP contribution in [0.5, 0.6) is 11.5 Å². The zero-order valence-electron chi connectivity index (χ0n) is 64.4. The molecule has 628 valence electrons. The molecule has 0 heterocycles. The number of hydrogen-bond donors (Lipinski definition) is 1. The smallest absolute Gasteiger partial charge is 0.328 e. The van der Waals surface area contributed by atoms with Crippen LogP contribution in [0.3, 0.4) is 0 Å². The number of amides is 1. The van der Waals surface area contributed by atoms with Crippen LogP contribution in [0.25, 0.3) is 11.1 Å². The van der Waals surface area contributed by atoms with Gasteiger partial charge in [-0.2, -0.15) is 0 Å². The van der Waals surface area contributed by atoms with Crippen LogP contribution in [0.1, 0.15) is 21.5 Å². The van der Waals surface area contributed by atoms with Crippen molar-refractivity contribution < 1.29 is 142 Å². The lowest BCUT2D eigenvalue weighted by molar-refractivity contribution is -0.142. The van der Waals surface area contributed by atoms with Crippen molar-refractivity contribution in [2.24, 2.45) is 0 Å². The fourth-order valence-electron chi connectivity index (χ4n) is 9.09. The molecule has 0 unspecified atom stereocenters. The molecule has 3 aromatic rings. The number of carbonyl (C=O) groups is 2. The summed E-state index contributed by atoms with van der Waals surface area (Å²) in [5.74, 6) is -0.0603. The molecule has 0 spiro atoms. The SMILES string of the molecule is COCCOCCOCCOCCOCCOCCOCCOCCOCCOCCOCCOCCOCCOCCOCCOCCOCCOCCOCCOCCOCCOCCOCCOCCOCc1cc(OC)c(-c2ccc(C[C@H](NC(=O)c3c(Cl)cc(Br)cc3Cl)C(=O)OC)cc2)c(OC)c1. The van der Waals surface area contributed by atoms with Crippen LogP contribution in [0.15, 0.2) is 53.0 Å². The molecule has 0 radical (unpaired) electrons. The maximum atomic E-state index is 13.2. The Hall–Kier alpha value is -3.74. The van der Waals surface area contributed by atoms with Gasteiger partial charge in [-0.25, -0.2) is 4.79 Å². The number of hydrogen-bond acceptors (Lipinski definition) is 30. The molecule has 0 aliphatic carbocycles. The first-order chi connectivity index (χ1) is 53.7. The van der Waals surface area contributed by atoms with Crippen molar-refractivity contribution >= 4 is 51.0 Å². The summed E-state index contributed by atoms with van der Waals surface area (Å²) in [4.78, 5) is 25.9. The topological polar surface area (TPSA) is 305 Å². The Balaban J connectivity index is 0.938. The number of carbonyl (C=O) groups excluding carboxylic acids is 2. The first-order valence-electron chi connectivity index (χ1n) is 36.9. The predicted molar refractivity (Wildman–Crippen MR) is 406 cm³/mol. The monoisotopic (exact) mass is 1670 g/mol. The van der Waals surface area contributed by atoms with E-state index in [1.807, 2.05) is 36.4 Å². The zero-order chi connectivity index (χ0) is 78.0. The number of esters is 1. The second kappa shape index (κ2) is 74.4. The first kappa shape index (κ1) is 99.5. The zero-order valence-corrected chi connectivity index (χ0v) is 67.5. The molecular weight excluding hydrogens is 1550 g/mol. The van der Waals surface area contributed by atoms with Gasteiger partial charge in [0, 0.05) is 18.0 Å². The van der Waals surface area contributed by atoms with Gasteiger partial charge in [0.05, 0.1) is 366 Å². The highest BCUT2D eigenvalue weighted by Crippen LogP contribution is 2.40. The quantitative estimate of drug-likeness (QED) is 0.0466. The van der Waals surface area contributed by atoms with Crippen LogP contribution in [0.2, 0.25) is 10.0 Å². The van der Waals surface area contributed by atoms with Gasteiger partial charge in [-0.3, -0.25) is 4.79 Å². The molecule has 0 fully saturated rings. The molecule has 0 aliphatic heterocycles. The summed E-state index contributed by atoms with van der Waals surface area (Å²) < 4.78 is 155. The molecule has 0 saturated heterocycles. The van der Waals surface area contributed by atoms with Gasteiger partial charge in [0.25, 0.3) is 5.91 Å². The lowest BCUT2D eigenvalue weighted by atomic mass is 9.98. The van der Waals surface area contributed by atoms with Crippen molar-refractivity contribution in [2.45, 2.75) is 19.1 Å². The summed E-state index contributed by atoms with van der Waals surface area (Å²) in [5, 5.41) is 2.98. The van der Waals surface area contributed by atoms with Crippen molar-refractivity contribution in [2.75, 3.05) is 346 Å². The normalized spacial score (nSPS) is 11.8. The molecule has 0 aromatic heterocycles. The highest BCUT2D eigenvalue weighted by atomic mass is 79.9. The Bertz CT molecular complexity index is 2530. The van der Waals surface area contributed by atoms with E-state index in [4.69, 9.17) is 156 Å². The summed E-state index contributed by atoms with van der Waals surface area (Å²) in [6.07, 6.45) is 0.144. The number of rotatable bonds is 82. The van der Waals surface area contributed by atoms with Gasteiger partial charge in [0.1, 0.15) is 17.5 Å². The predicted octanol–water partition coefficient (Wildman–Crippen LogP) is 6.50. The second-order valence-corrected chi connectivity index (χ2v) is 24.4. The van der Waals surface area contributed by atoms with Crippen LogP contribution in [-0.4, -0.2) is 363 Å². The van der Waals surface area contributed by atoms with Gasteiger partial charge in [-0.15, -0.1) is 0 Å². The molecule has 34 heteroatoms. The van der Waals surface area contributed by atoms with E-state index in [0.29, 0.717) is 340 Å². The third-order valence-corrected chi connectivity index (χ3v) is 15.6. The molecule has 0 saturated carbocycles. The number of halogens is 3. The van der Waals surface area contributed by atoms with E-state index in [-0.39, 0.29) is 22.0 Å². The van der Waals surface area contributed by atoms with Crippen LogP contribution >= 0.6 is 39.1 Å². The molecule has 0 aliphatic rings. The summed E-state index contributed by atoms with van der Waals surface area (Å²) in [6.45, 7) is 23.2. The number of benzene rings is 3. The molecule has 3 rings (SSSR count). The Morgan fingerprint density at radius 3 is 0.771 bits per heavy atom. The maximum absolute atomic E-state index is 13.2. The van der Waals surface area contributed by atoms with Gasteiger partial charge >= 0.3 is 5.97 Å². The summed E-state index contributed by atoms with van der Waals surface area (Å²) in [5.41, 5.74) is 3.21. The summed E-state index contributed by atoms with van der Waals surface area (Å²) in [6, 6.07) is 13.3. The molecule has 1 atom stereocenters. The molecule has 3 aromatic carbocycles. The lowest BCUT2D eigenvalue weighted by Gasteiger charge is -2.19. The Morgan fingerprint density at radius 1 is 0.321 bits per heavy atom. The summed E-state index contributed by atoms with van der Waals surface area (Å²) in [7, 11) is 6.07. The minimum Gasteiger partial charge on any atom is -0.496 e. The highest BCUT2D eigenvalue weighted by Gasteiger charge is 2.26. The fraction of sp³-hybridized carbons (Fsp3) is 0.733. The summed E-state index contributed by atoms with van der Waals surface area (Å²) >= 11 is 15.9. The Labute approximate surface area is 662 Å². The third-order valence-electron chi connectivity index (χ3n) is 14.5. The van der Waals surface area contributed by atoms with E-state index >= 15 is 0 Å². The van der Waals surface area contributed by atoms with E-state index in [9.17, 15) is 9.59 Å². The van der Waals surface area contributed by atoms with E-state index in [1.54, 1.807) is 33.5 Å². The van der Waals surface area contributed by atoms with Gasteiger partial charge in [0.15, 0.2) is 0 Å². The van der Waals surface area contributed by atoms with Crippen molar-refractivity contribution in [3.63, 3.8) is 0 Å². The van der Waals surface area contributed by atoms with Gasteiger partial charge < -0.3 is 138 Å². The van der Waals surface area contributed by atoms with Crippen molar-refractivity contribution in [3.05, 3.63) is 79.7 Å². The third kappa shape index (κ3) is 56.2. The molecular formula is C75H122BrCl2NO30. The average molecular weight is 1670 g/mol. The molecule has 109 heavy (non-hydrogen) atoms. The minimum absolute atomic E-state index is 0.0532. The van der Waals surface area contributed by atoms with Crippen molar-refractivity contribution in [1.82, 2.24) is 5.32 Å². The van der Waals surface area contributed by atoms with Crippen LogP contribution in [0, 0.1) is 0 Å². The van der Waals surface area contributed by atoms with E-state index in [2.05, 4.69) is 21.2 Å². The van der Waals surface area contributed by atoms with Crippen LogP contribution in [0.4, 0.5) is 0 Å². The molecule has 0 bridgehead atoms. The maximum Gasteiger partial charge on any atom is 0.328 e. The lowest BCUT2D eigenvalue weighted by Crippen LogP contribution is -2.43. The number of ether oxygens (including phenoxy) is 28. The molecule has 31 nitrogen and oxygen atoms in total. The van der Waals surface area contributed by atoms with Gasteiger partial charge in [-0.1, -0.05) is 63.4 Å². The largest absolute Gasteiger partial charge is 0.496 e. The van der Waals surface area contributed by atoms with Crippen LogP contribution < -0.4 is 14.8 Å². The van der Waals surface area contributed by atoms with E-state index < -0.39 is 17.9 Å². The number of methoxy groups -OCH3 is 4. The number of nitrogens with one attached hydrogen (secondary N) is 1. The van der Waals surface area contributed by atoms with Gasteiger partial charge in [0.2, 0.25) is 0 Å². The highest BCUT2D eigenvalue weighted by molar-refractivity contribution is 9.10. The van der Waals surface area contributed by atoms with Crippen molar-refractivity contribution in [1.29, 1.82) is 0 Å². The molecule has 1 N–H and O–H groups in total. The second-order valence-electron chi connectivity index (χ2n) is 22.7. The minimum atomic E-state index is -1.01. The van der Waals surface area contributed by atoms with Crippen molar-refractivity contribution in [3.8, 4) is 22.6 Å². The fourth-order valence-corrected chi connectivity index (χ4v) is 10.5.